The molecule has 142 valence electrons. The van der Waals surface area contributed by atoms with Crippen LogP contribution < -0.4 is 5.69 Å². The molecule has 0 atom stereocenters. The van der Waals surface area contributed by atoms with Gasteiger partial charge in [-0.05, 0) is 37.5 Å². The molecule has 28 heavy (non-hydrogen) atoms. The normalized spacial score (nSPS) is 13.8. The molecular weight excluding hydrogens is 374 g/mol. The highest BCUT2D eigenvalue weighted by molar-refractivity contribution is 7.99. The summed E-state index contributed by atoms with van der Waals surface area (Å²) in [4.78, 5) is 34.0. The smallest absolute Gasteiger partial charge is 0.339 e. The van der Waals surface area contributed by atoms with E-state index >= 15 is 0 Å². The molecule has 0 bridgehead atoms. The molecule has 1 fully saturated rings. The van der Waals surface area contributed by atoms with Crippen LogP contribution in [0.4, 0.5) is 0 Å². The van der Waals surface area contributed by atoms with Crippen molar-refractivity contribution in [2.45, 2.75) is 24.9 Å². The summed E-state index contributed by atoms with van der Waals surface area (Å²) < 4.78 is 1.26. The SMILES string of the molecule is C#CCSc1nc2c(-c3ccc(C(=O)N4CCCC4)cc3)c(C)nn2c(=O)[nH]1. The molecule has 0 saturated carbocycles. The van der Waals surface area contributed by atoms with Crippen LogP contribution in [0.3, 0.4) is 0 Å². The number of fused-ring (bicyclic) bond motifs is 1. The minimum absolute atomic E-state index is 0.0585. The van der Waals surface area contributed by atoms with Crippen LogP contribution in [-0.2, 0) is 0 Å². The van der Waals surface area contributed by atoms with Crippen LogP contribution in [0.25, 0.3) is 16.8 Å². The Kier molecular flexibility index (Phi) is 4.92. The van der Waals surface area contributed by atoms with Crippen molar-refractivity contribution in [3.63, 3.8) is 0 Å². The van der Waals surface area contributed by atoms with E-state index < -0.39 is 0 Å². The van der Waals surface area contributed by atoms with Crippen LogP contribution in [0.5, 0.6) is 0 Å². The van der Waals surface area contributed by atoms with E-state index in [0.717, 1.165) is 37.1 Å². The second-order valence-electron chi connectivity index (χ2n) is 6.61. The predicted octanol–water partition coefficient (Wildman–Crippen LogP) is 2.35. The summed E-state index contributed by atoms with van der Waals surface area (Å²) in [7, 11) is 0. The molecule has 1 aliphatic rings. The minimum atomic E-state index is -0.361. The van der Waals surface area contributed by atoms with Crippen molar-refractivity contribution in [3.05, 3.63) is 46.0 Å². The molecule has 1 aromatic carbocycles. The number of terminal acetylenes is 1. The first-order valence-corrected chi connectivity index (χ1v) is 10.0. The van der Waals surface area contributed by atoms with Gasteiger partial charge in [0, 0.05) is 24.2 Å². The quantitative estimate of drug-likeness (QED) is 0.543. The topological polar surface area (TPSA) is 83.4 Å². The van der Waals surface area contributed by atoms with E-state index in [9.17, 15) is 9.59 Å². The third kappa shape index (κ3) is 3.29. The highest BCUT2D eigenvalue weighted by atomic mass is 32.2. The van der Waals surface area contributed by atoms with Gasteiger partial charge < -0.3 is 4.90 Å². The third-order valence-electron chi connectivity index (χ3n) is 4.76. The van der Waals surface area contributed by atoms with Crippen molar-refractivity contribution in [2.24, 2.45) is 0 Å². The molecule has 8 heteroatoms. The van der Waals surface area contributed by atoms with E-state index in [4.69, 9.17) is 6.42 Å². The zero-order chi connectivity index (χ0) is 19.7. The predicted molar refractivity (Wildman–Crippen MR) is 108 cm³/mol. The van der Waals surface area contributed by atoms with E-state index in [1.165, 1.54) is 16.3 Å². The van der Waals surface area contributed by atoms with E-state index in [1.54, 1.807) is 0 Å². The number of aromatic nitrogens is 4. The number of hydrogen-bond donors (Lipinski definition) is 1. The van der Waals surface area contributed by atoms with E-state index in [2.05, 4.69) is 21.0 Å². The van der Waals surface area contributed by atoms with Gasteiger partial charge in [0.2, 0.25) is 0 Å². The summed E-state index contributed by atoms with van der Waals surface area (Å²) in [5, 5.41) is 4.77. The van der Waals surface area contributed by atoms with Crippen molar-refractivity contribution in [1.82, 2.24) is 24.5 Å². The van der Waals surface area contributed by atoms with Crippen LogP contribution in [0.1, 0.15) is 28.9 Å². The molecule has 3 aromatic rings. The molecule has 3 heterocycles. The number of rotatable bonds is 4. The maximum Gasteiger partial charge on any atom is 0.350 e. The Morgan fingerprint density at radius 3 is 2.68 bits per heavy atom. The average molecular weight is 393 g/mol. The Bertz CT molecular complexity index is 1130. The lowest BCUT2D eigenvalue weighted by Gasteiger charge is -2.15. The number of thioether (sulfide) groups is 1. The van der Waals surface area contributed by atoms with Gasteiger partial charge in [0.25, 0.3) is 5.91 Å². The van der Waals surface area contributed by atoms with Crippen LogP contribution in [-0.4, -0.2) is 49.2 Å². The molecule has 1 N–H and O–H groups in total. The summed E-state index contributed by atoms with van der Waals surface area (Å²) in [6, 6.07) is 7.40. The Morgan fingerprint density at radius 2 is 2.00 bits per heavy atom. The lowest BCUT2D eigenvalue weighted by atomic mass is 10.0. The molecular formula is C20H19N5O2S. The highest BCUT2D eigenvalue weighted by Gasteiger charge is 2.20. The fourth-order valence-corrected chi connectivity index (χ4v) is 3.96. The van der Waals surface area contributed by atoms with Gasteiger partial charge in [0.15, 0.2) is 10.8 Å². The number of benzene rings is 1. The van der Waals surface area contributed by atoms with Gasteiger partial charge in [-0.2, -0.15) is 9.61 Å². The number of carbonyl (C=O) groups excluding carboxylic acids is 1. The summed E-state index contributed by atoms with van der Waals surface area (Å²) in [6.45, 7) is 3.47. The first kappa shape index (κ1) is 18.3. The van der Waals surface area contributed by atoms with Crippen LogP contribution in [0.15, 0.2) is 34.2 Å². The lowest BCUT2D eigenvalue weighted by molar-refractivity contribution is 0.0793. The Balaban J connectivity index is 1.73. The summed E-state index contributed by atoms with van der Waals surface area (Å²) in [5.41, 5.74) is 3.09. The molecule has 4 rings (SSSR count). The maximum absolute atomic E-state index is 12.5. The first-order chi connectivity index (χ1) is 13.6. The molecule has 0 spiro atoms. The van der Waals surface area contributed by atoms with Crippen LogP contribution in [0, 0.1) is 19.3 Å². The maximum atomic E-state index is 12.5. The summed E-state index contributed by atoms with van der Waals surface area (Å²) >= 11 is 1.29. The molecule has 2 aromatic heterocycles. The largest absolute Gasteiger partial charge is 0.350 e. The Labute approximate surface area is 166 Å². The molecule has 1 aliphatic heterocycles. The van der Waals surface area contributed by atoms with Crippen LogP contribution >= 0.6 is 11.8 Å². The van der Waals surface area contributed by atoms with Gasteiger partial charge in [0.05, 0.1) is 11.4 Å². The molecule has 1 saturated heterocycles. The van der Waals surface area contributed by atoms with Gasteiger partial charge >= 0.3 is 5.69 Å². The van der Waals surface area contributed by atoms with Crippen molar-refractivity contribution in [2.75, 3.05) is 18.8 Å². The second kappa shape index (κ2) is 7.52. The monoisotopic (exact) mass is 393 g/mol. The molecule has 7 nitrogen and oxygen atoms in total. The lowest BCUT2D eigenvalue weighted by Crippen LogP contribution is -2.27. The summed E-state index contributed by atoms with van der Waals surface area (Å²) in [6.07, 6.45) is 7.42. The number of aromatic amines is 1. The van der Waals surface area contributed by atoms with Gasteiger partial charge in [-0.1, -0.05) is 29.8 Å². The van der Waals surface area contributed by atoms with Gasteiger partial charge in [0.1, 0.15) is 0 Å². The van der Waals surface area contributed by atoms with Gasteiger partial charge in [-0.15, -0.1) is 6.42 Å². The number of nitrogens with one attached hydrogen (secondary N) is 1. The minimum Gasteiger partial charge on any atom is -0.339 e. The van der Waals surface area contributed by atoms with E-state index in [-0.39, 0.29) is 11.6 Å². The highest BCUT2D eigenvalue weighted by Crippen LogP contribution is 2.28. The van der Waals surface area contributed by atoms with E-state index in [0.29, 0.717) is 27.8 Å². The molecule has 0 aliphatic carbocycles. The second-order valence-corrected chi connectivity index (χ2v) is 7.58. The number of likely N-dealkylation sites (tertiary alicyclic amines) is 1. The van der Waals surface area contributed by atoms with Crippen LogP contribution in [0.2, 0.25) is 0 Å². The average Bonchev–Trinajstić information content (AvgIpc) is 3.34. The van der Waals surface area contributed by atoms with Crippen molar-refractivity contribution < 1.29 is 4.79 Å². The summed E-state index contributed by atoms with van der Waals surface area (Å²) in [5.74, 6) is 2.99. The fraction of sp³-hybridized carbons (Fsp3) is 0.300. The number of nitrogens with zero attached hydrogens (tertiary/aromatic N) is 4. The zero-order valence-corrected chi connectivity index (χ0v) is 16.3. The van der Waals surface area contributed by atoms with Gasteiger partial charge in [-0.25, -0.2) is 9.78 Å². The molecule has 1 amide bonds. The van der Waals surface area contributed by atoms with Gasteiger partial charge in [-0.3, -0.25) is 9.78 Å². The van der Waals surface area contributed by atoms with Crippen molar-refractivity contribution in [3.8, 4) is 23.5 Å². The molecule has 0 unspecified atom stereocenters. The zero-order valence-electron chi connectivity index (χ0n) is 15.4. The Morgan fingerprint density at radius 1 is 1.29 bits per heavy atom. The number of H-pyrrole nitrogens is 1. The van der Waals surface area contributed by atoms with E-state index in [1.807, 2.05) is 36.1 Å². The number of carbonyl (C=O) groups is 1. The Hall–Kier alpha value is -3.05. The molecule has 0 radical (unpaired) electrons. The third-order valence-corrected chi connectivity index (χ3v) is 5.53. The first-order valence-electron chi connectivity index (χ1n) is 9.04. The number of hydrogen-bond acceptors (Lipinski definition) is 5. The number of amides is 1. The fourth-order valence-electron chi connectivity index (χ4n) is 3.43. The number of aryl methyl sites for hydroxylation is 1. The van der Waals surface area contributed by atoms with Crippen molar-refractivity contribution >= 4 is 23.3 Å². The standard InChI is InChI=1S/C20H19N5O2S/c1-3-12-28-19-21-17-16(13(2)23-25(17)20(27)22-19)14-6-8-15(9-7-14)18(26)24-10-4-5-11-24/h1,6-9H,4-5,10-12H2,2H3,(H,21,22,27). The van der Waals surface area contributed by atoms with Crippen molar-refractivity contribution in [1.29, 1.82) is 0 Å².